The second-order valence-corrected chi connectivity index (χ2v) is 4.85. The number of methoxy groups -OCH3 is 1. The molecule has 2 nitrogen and oxygen atoms in total. The van der Waals surface area contributed by atoms with Gasteiger partial charge >= 0.3 is 5.97 Å². The summed E-state index contributed by atoms with van der Waals surface area (Å²) in [5.41, 5.74) is 2.08. The van der Waals surface area contributed by atoms with E-state index in [9.17, 15) is 4.79 Å². The summed E-state index contributed by atoms with van der Waals surface area (Å²) < 4.78 is 4.87. The summed E-state index contributed by atoms with van der Waals surface area (Å²) in [5, 5.41) is 0. The lowest BCUT2D eigenvalue weighted by Gasteiger charge is -2.14. The summed E-state index contributed by atoms with van der Waals surface area (Å²) in [7, 11) is 1.46. The Bertz CT molecular complexity index is 386. The van der Waals surface area contributed by atoms with Crippen LogP contribution < -0.4 is 0 Å². The van der Waals surface area contributed by atoms with Gasteiger partial charge in [-0.05, 0) is 29.9 Å². The average molecular weight is 218 g/mol. The number of carbonyl (C=O) groups is 1. The number of hydrogen-bond donors (Lipinski definition) is 0. The van der Waals surface area contributed by atoms with Gasteiger partial charge in [-0.1, -0.05) is 38.1 Å². The van der Waals surface area contributed by atoms with Gasteiger partial charge in [0.2, 0.25) is 0 Å². The predicted molar refractivity (Wildman–Crippen MR) is 63.5 cm³/mol. The second kappa shape index (κ2) is 3.93. The maximum absolute atomic E-state index is 11.7. The first-order valence-corrected chi connectivity index (χ1v) is 5.79. The minimum Gasteiger partial charge on any atom is -0.468 e. The molecular formula is C14H18O2. The first-order valence-electron chi connectivity index (χ1n) is 5.79. The van der Waals surface area contributed by atoms with Crippen LogP contribution in [0.15, 0.2) is 24.3 Å². The standard InChI is InChI=1S/C14H18O2/c1-10(2)11-4-6-12(7-5-11)14(8-9-14)13(15)16-3/h4-7,10H,8-9H2,1-3H3. The molecule has 1 aromatic carbocycles. The fraction of sp³-hybridized carbons (Fsp3) is 0.500. The quantitative estimate of drug-likeness (QED) is 0.729. The number of benzene rings is 1. The third kappa shape index (κ3) is 1.73. The summed E-state index contributed by atoms with van der Waals surface area (Å²) in [5.74, 6) is 0.437. The summed E-state index contributed by atoms with van der Waals surface area (Å²) >= 11 is 0. The molecule has 1 saturated carbocycles. The van der Waals surface area contributed by atoms with Crippen molar-refractivity contribution in [3.05, 3.63) is 35.4 Å². The largest absolute Gasteiger partial charge is 0.468 e. The zero-order valence-electron chi connectivity index (χ0n) is 10.1. The molecule has 0 radical (unpaired) electrons. The van der Waals surface area contributed by atoms with Crippen molar-refractivity contribution in [2.75, 3.05) is 7.11 Å². The van der Waals surface area contributed by atoms with E-state index in [1.165, 1.54) is 12.7 Å². The van der Waals surface area contributed by atoms with Gasteiger partial charge in [0.1, 0.15) is 0 Å². The molecule has 0 saturated heterocycles. The summed E-state index contributed by atoms with van der Waals surface area (Å²) in [6, 6.07) is 8.37. The van der Waals surface area contributed by atoms with Crippen LogP contribution >= 0.6 is 0 Å². The van der Waals surface area contributed by atoms with Crippen molar-refractivity contribution in [2.24, 2.45) is 0 Å². The zero-order valence-corrected chi connectivity index (χ0v) is 10.1. The monoisotopic (exact) mass is 218 g/mol. The highest BCUT2D eigenvalue weighted by Crippen LogP contribution is 2.49. The zero-order chi connectivity index (χ0) is 11.8. The second-order valence-electron chi connectivity index (χ2n) is 4.85. The highest BCUT2D eigenvalue weighted by Gasteiger charge is 2.52. The van der Waals surface area contributed by atoms with E-state index in [-0.39, 0.29) is 11.4 Å². The van der Waals surface area contributed by atoms with Crippen molar-refractivity contribution >= 4 is 5.97 Å². The van der Waals surface area contributed by atoms with Crippen LogP contribution in [0.3, 0.4) is 0 Å². The maximum atomic E-state index is 11.7. The molecule has 16 heavy (non-hydrogen) atoms. The fourth-order valence-corrected chi connectivity index (χ4v) is 2.12. The van der Waals surface area contributed by atoms with Crippen molar-refractivity contribution in [1.29, 1.82) is 0 Å². The third-order valence-electron chi connectivity index (χ3n) is 3.46. The van der Waals surface area contributed by atoms with Crippen molar-refractivity contribution in [3.8, 4) is 0 Å². The molecule has 2 heteroatoms. The average Bonchev–Trinajstić information content (AvgIpc) is 3.09. The first-order chi connectivity index (χ1) is 7.60. The molecule has 0 amide bonds. The molecule has 1 aliphatic rings. The van der Waals surface area contributed by atoms with Gasteiger partial charge in [0.15, 0.2) is 0 Å². The number of ether oxygens (including phenoxy) is 1. The lowest BCUT2D eigenvalue weighted by molar-refractivity contribution is -0.143. The van der Waals surface area contributed by atoms with Crippen molar-refractivity contribution in [1.82, 2.24) is 0 Å². The molecule has 0 spiro atoms. The van der Waals surface area contributed by atoms with E-state index < -0.39 is 0 Å². The molecular weight excluding hydrogens is 200 g/mol. The number of hydrogen-bond acceptors (Lipinski definition) is 2. The summed E-state index contributed by atoms with van der Waals surface area (Å²) in [6.07, 6.45) is 1.83. The van der Waals surface area contributed by atoms with Crippen LogP contribution in [-0.2, 0) is 14.9 Å². The van der Waals surface area contributed by atoms with Gasteiger partial charge in [-0.15, -0.1) is 0 Å². The molecule has 0 N–H and O–H groups in total. The predicted octanol–water partition coefficient (Wildman–Crippen LogP) is 3.01. The molecule has 1 fully saturated rings. The molecule has 1 aliphatic carbocycles. The Kier molecular flexibility index (Phi) is 2.75. The molecule has 0 heterocycles. The number of carbonyl (C=O) groups excluding carboxylic acids is 1. The number of esters is 1. The molecule has 0 unspecified atom stereocenters. The Hall–Kier alpha value is -1.31. The molecule has 2 rings (SSSR count). The molecule has 1 aromatic rings. The van der Waals surface area contributed by atoms with Crippen LogP contribution in [0.1, 0.15) is 43.7 Å². The first kappa shape index (κ1) is 11.2. The van der Waals surface area contributed by atoms with Crippen molar-refractivity contribution < 1.29 is 9.53 Å². The van der Waals surface area contributed by atoms with Crippen LogP contribution in [0.25, 0.3) is 0 Å². The lowest BCUT2D eigenvalue weighted by atomic mass is 9.93. The van der Waals surface area contributed by atoms with Gasteiger partial charge in [0.05, 0.1) is 12.5 Å². The van der Waals surface area contributed by atoms with Crippen molar-refractivity contribution in [3.63, 3.8) is 0 Å². The minimum atomic E-state index is -0.329. The Morgan fingerprint density at radius 1 is 1.25 bits per heavy atom. The Morgan fingerprint density at radius 3 is 2.19 bits per heavy atom. The van der Waals surface area contributed by atoms with E-state index in [1.54, 1.807) is 0 Å². The third-order valence-corrected chi connectivity index (χ3v) is 3.46. The highest BCUT2D eigenvalue weighted by molar-refractivity contribution is 5.86. The Labute approximate surface area is 96.6 Å². The van der Waals surface area contributed by atoms with Gasteiger partial charge in [0.25, 0.3) is 0 Å². The topological polar surface area (TPSA) is 26.3 Å². The molecule has 0 aliphatic heterocycles. The normalized spacial score (nSPS) is 17.2. The molecule has 0 bridgehead atoms. The minimum absolute atomic E-state index is 0.0928. The van der Waals surface area contributed by atoms with Crippen molar-refractivity contribution in [2.45, 2.75) is 38.0 Å². The van der Waals surface area contributed by atoms with E-state index >= 15 is 0 Å². The number of rotatable bonds is 3. The Morgan fingerprint density at radius 2 is 1.81 bits per heavy atom. The molecule has 0 atom stereocenters. The maximum Gasteiger partial charge on any atom is 0.316 e. The molecule has 0 aromatic heterocycles. The lowest BCUT2D eigenvalue weighted by Crippen LogP contribution is -2.21. The Balaban J connectivity index is 2.25. The summed E-state index contributed by atoms with van der Waals surface area (Å²) in [6.45, 7) is 4.34. The van der Waals surface area contributed by atoms with Crippen LogP contribution in [0, 0.1) is 0 Å². The van der Waals surface area contributed by atoms with Gasteiger partial charge in [-0.2, -0.15) is 0 Å². The van der Waals surface area contributed by atoms with Gasteiger partial charge < -0.3 is 4.74 Å². The van der Waals surface area contributed by atoms with E-state index in [2.05, 4.69) is 38.1 Å². The smallest absolute Gasteiger partial charge is 0.316 e. The van der Waals surface area contributed by atoms with E-state index in [4.69, 9.17) is 4.74 Å². The van der Waals surface area contributed by atoms with Crippen LogP contribution in [0.5, 0.6) is 0 Å². The van der Waals surface area contributed by atoms with E-state index in [0.29, 0.717) is 5.92 Å². The van der Waals surface area contributed by atoms with E-state index in [1.807, 2.05) is 0 Å². The SMILES string of the molecule is COC(=O)C1(c2ccc(C(C)C)cc2)CC1. The van der Waals surface area contributed by atoms with Crippen LogP contribution in [0.2, 0.25) is 0 Å². The highest BCUT2D eigenvalue weighted by atomic mass is 16.5. The van der Waals surface area contributed by atoms with Crippen LogP contribution in [0.4, 0.5) is 0 Å². The fourth-order valence-electron chi connectivity index (χ4n) is 2.12. The molecule has 86 valence electrons. The van der Waals surface area contributed by atoms with Gasteiger partial charge in [0, 0.05) is 0 Å². The summed E-state index contributed by atoms with van der Waals surface area (Å²) in [4.78, 5) is 11.7. The van der Waals surface area contributed by atoms with E-state index in [0.717, 1.165) is 18.4 Å². The van der Waals surface area contributed by atoms with Gasteiger partial charge in [-0.25, -0.2) is 0 Å². The van der Waals surface area contributed by atoms with Gasteiger partial charge in [-0.3, -0.25) is 4.79 Å². The van der Waals surface area contributed by atoms with Crippen LogP contribution in [-0.4, -0.2) is 13.1 Å².